The Morgan fingerprint density at radius 2 is 0.810 bits per heavy atom. The Kier molecular flexibility index (Phi) is 37.6. The number of hydrogen-bond donors (Lipinski definition) is 9. The SMILES string of the molecule is C.CN[C@H](C(=O)N(C)C(Cc1ccc(O)c(C)c1)C(N)=O)C(C)C.Cc1cc(CC(C(N)=O)N(C)C(=O)[C@H](C(C)C)N(C)C(=O)C(N)Cc2ccncc2)ccc1O.Cc1cc(C[C@@H](C(N)=O)N(C)C(=O)[C@H](C(C)C)N(C)C(=O)C(Cc2ccncc2)NC(=O)OC(C)(C)C)ccc1O.O=CC(F)(F)F. The fraction of sp³-hybridized carbons (Fsp3) is 0.493. The Hall–Kier alpha value is -10.2. The third-order valence-electron chi connectivity index (χ3n) is 16.9. The van der Waals surface area contributed by atoms with Crippen LogP contribution in [0.15, 0.2) is 104 Å². The number of amides is 9. The Bertz CT molecular complexity index is 3690. The van der Waals surface area contributed by atoms with E-state index in [4.69, 9.17) is 32.5 Å². The van der Waals surface area contributed by atoms with Crippen LogP contribution in [0.3, 0.4) is 0 Å². The standard InChI is InChI=1S/C30H43N5O6.C25H35N5O4.C17H27N3O3.C2HF3O.CH4/c1-18(2)25(28(39)34(7)23(26(31)37)17-21-9-10-24(36)19(3)15-21)35(8)27(38)22(16-20-11-13-32-14-12-20)33-29(40)41-30(4,5)6;1-15(2)22(30(5)24(33)19(26)13-17-8-10-28-11-9-17)25(34)29(4)20(23(27)32)14-18-6-7-21(31)16(3)12-18;1-10(2)15(19-4)17(23)20(5)13(16(18)22)9-12-6-7-14(21)11(3)8-12;3-2(4,5)1-6;/h9-15,18,22-23,25,36H,16-17H2,1-8H3,(H2,31,37)(H,33,40);6-12,15,19-20,22,31H,13-14,26H2,1-5H3,(H2,27,32);6-8,10,13,15,19,21H,9H2,1-5H3,(H2,18,22);1H;1H4/t22?,23-,25-;19?,20?,22-;13?,15-;;/m000../s1. The lowest BCUT2D eigenvalue weighted by molar-refractivity contribution is -0.156. The summed E-state index contributed by atoms with van der Waals surface area (Å²) in [6, 6.07) is 15.3. The third kappa shape index (κ3) is 29.8. The van der Waals surface area contributed by atoms with Crippen LogP contribution in [-0.4, -0.2) is 212 Å². The molecule has 30 heteroatoms. The first-order valence-electron chi connectivity index (χ1n) is 33.5. The van der Waals surface area contributed by atoms with E-state index >= 15 is 0 Å². The number of ether oxygens (including phenoxy) is 1. The van der Waals surface area contributed by atoms with E-state index in [2.05, 4.69) is 20.6 Å². The Balaban J connectivity index is 0.000000777. The third-order valence-corrected chi connectivity index (χ3v) is 16.9. The van der Waals surface area contributed by atoms with Crippen LogP contribution in [0.1, 0.15) is 114 Å². The summed E-state index contributed by atoms with van der Waals surface area (Å²) in [7, 11) is 9.35. The van der Waals surface area contributed by atoms with Gasteiger partial charge in [-0.2, -0.15) is 13.2 Å². The minimum atomic E-state index is -4.64. The Labute approximate surface area is 614 Å². The van der Waals surface area contributed by atoms with Crippen molar-refractivity contribution in [1.29, 1.82) is 0 Å². The number of phenolic OH excluding ortho intramolecular Hbond substituents is 3. The molecule has 0 bridgehead atoms. The highest BCUT2D eigenvalue weighted by atomic mass is 19.4. The number of aryl methyl sites for hydroxylation is 3. The molecule has 0 aliphatic carbocycles. The van der Waals surface area contributed by atoms with Crippen LogP contribution in [0.2, 0.25) is 0 Å². The van der Waals surface area contributed by atoms with Gasteiger partial charge in [-0.05, 0) is 160 Å². The minimum absolute atomic E-state index is 0. The smallest absolute Gasteiger partial charge is 0.446 e. The Morgan fingerprint density at radius 3 is 1.09 bits per heavy atom. The van der Waals surface area contributed by atoms with E-state index in [1.165, 1.54) is 57.8 Å². The molecule has 105 heavy (non-hydrogen) atoms. The summed E-state index contributed by atoms with van der Waals surface area (Å²) < 4.78 is 36.6. The quantitative estimate of drug-likeness (QED) is 0.0269. The minimum Gasteiger partial charge on any atom is -0.508 e. The van der Waals surface area contributed by atoms with Gasteiger partial charge in [0, 0.05) is 85.7 Å². The van der Waals surface area contributed by atoms with Crippen LogP contribution in [0, 0.1) is 38.5 Å². The van der Waals surface area contributed by atoms with Crippen LogP contribution in [0.4, 0.5) is 18.0 Å². The molecule has 5 aromatic rings. The molecule has 0 spiro atoms. The summed E-state index contributed by atoms with van der Waals surface area (Å²) in [5.41, 5.74) is 28.2. The summed E-state index contributed by atoms with van der Waals surface area (Å²) >= 11 is 0. The summed E-state index contributed by atoms with van der Waals surface area (Å²) in [6.45, 7) is 21.5. The number of likely N-dealkylation sites (N-methyl/N-ethyl adjacent to an activating group) is 6. The molecule has 8 atom stereocenters. The van der Waals surface area contributed by atoms with Crippen molar-refractivity contribution < 1.29 is 81.2 Å². The molecule has 0 aliphatic rings. The van der Waals surface area contributed by atoms with Crippen molar-refractivity contribution in [2.24, 2.45) is 40.7 Å². The van der Waals surface area contributed by atoms with Gasteiger partial charge in [0.05, 0.1) is 12.1 Å². The van der Waals surface area contributed by atoms with Crippen LogP contribution in [0.5, 0.6) is 17.2 Å². The number of alkyl carbamates (subject to hydrolysis) is 1. The fourth-order valence-corrected chi connectivity index (χ4v) is 11.2. The molecule has 0 radical (unpaired) electrons. The number of benzene rings is 3. The van der Waals surface area contributed by atoms with Crippen LogP contribution in [0.25, 0.3) is 0 Å². The maximum absolute atomic E-state index is 13.8. The number of carbonyl (C=O) groups excluding carboxylic acids is 10. The average Bonchev–Trinajstić information content (AvgIpc) is 0.818. The van der Waals surface area contributed by atoms with Gasteiger partial charge in [0.15, 0.2) is 0 Å². The molecule has 0 fully saturated rings. The molecule has 0 aliphatic heterocycles. The maximum Gasteiger partial charge on any atom is 0.446 e. The van der Waals surface area contributed by atoms with Gasteiger partial charge >= 0.3 is 12.3 Å². The van der Waals surface area contributed by atoms with Crippen molar-refractivity contribution in [2.45, 2.75) is 183 Å². The molecular formula is C75H110F3N13O14. The van der Waals surface area contributed by atoms with Gasteiger partial charge in [-0.25, -0.2) is 4.79 Å². The number of carbonyl (C=O) groups is 10. The monoisotopic (exact) mass is 1470 g/mol. The van der Waals surface area contributed by atoms with Gasteiger partial charge < -0.3 is 78.1 Å². The number of aldehydes is 1. The lowest BCUT2D eigenvalue weighted by atomic mass is 9.97. The number of nitrogens with one attached hydrogen (secondary N) is 2. The number of halogens is 3. The molecule has 9 amide bonds. The van der Waals surface area contributed by atoms with Crippen LogP contribution in [-0.2, 0) is 80.0 Å². The predicted molar refractivity (Wildman–Crippen MR) is 393 cm³/mol. The van der Waals surface area contributed by atoms with E-state index in [1.54, 1.807) is 168 Å². The van der Waals surface area contributed by atoms with Gasteiger partial charge in [-0.1, -0.05) is 85.4 Å². The Morgan fingerprint density at radius 1 is 0.495 bits per heavy atom. The topological polar surface area (TPSA) is 411 Å². The van der Waals surface area contributed by atoms with Gasteiger partial charge in [-0.15, -0.1) is 0 Å². The molecule has 4 unspecified atom stereocenters. The molecule has 13 N–H and O–H groups in total. The molecule has 27 nitrogen and oxygen atoms in total. The van der Waals surface area contributed by atoms with Gasteiger partial charge in [-0.3, -0.25) is 53.1 Å². The van der Waals surface area contributed by atoms with E-state index in [0.29, 0.717) is 29.5 Å². The van der Waals surface area contributed by atoms with Gasteiger partial charge in [0.25, 0.3) is 0 Å². The number of primary amides is 3. The zero-order chi connectivity index (χ0) is 79.6. The molecule has 0 saturated heterocycles. The van der Waals surface area contributed by atoms with Crippen LogP contribution < -0.4 is 33.6 Å². The first-order valence-corrected chi connectivity index (χ1v) is 33.5. The van der Waals surface area contributed by atoms with E-state index < -0.39 is 102 Å². The highest BCUT2D eigenvalue weighted by Crippen LogP contribution is 2.25. The molecule has 580 valence electrons. The van der Waals surface area contributed by atoms with Gasteiger partial charge in [0.2, 0.25) is 53.5 Å². The van der Waals surface area contributed by atoms with Crippen molar-refractivity contribution in [2.75, 3.05) is 42.3 Å². The van der Waals surface area contributed by atoms with Crippen molar-refractivity contribution in [3.05, 3.63) is 148 Å². The number of aromatic nitrogens is 2. The van der Waals surface area contributed by atoms with Gasteiger partial charge in [0.1, 0.15) is 59.1 Å². The zero-order valence-corrected chi connectivity index (χ0v) is 62.7. The van der Waals surface area contributed by atoms with E-state index in [9.17, 15) is 71.6 Å². The average molecular weight is 1470 g/mol. The second-order valence-corrected chi connectivity index (χ2v) is 27.4. The second kappa shape index (κ2) is 42.5. The number of phenols is 3. The first kappa shape index (κ1) is 92.8. The molecule has 2 heterocycles. The molecular weight excluding hydrogens is 1360 g/mol. The highest BCUT2D eigenvalue weighted by Gasteiger charge is 2.41. The first-order chi connectivity index (χ1) is 48.2. The molecule has 3 aromatic carbocycles. The lowest BCUT2D eigenvalue weighted by Gasteiger charge is -2.37. The number of pyridine rings is 2. The number of nitrogens with zero attached hydrogens (tertiary/aromatic N) is 7. The van der Waals surface area contributed by atoms with E-state index in [0.717, 1.165) is 27.8 Å². The van der Waals surface area contributed by atoms with Crippen molar-refractivity contribution >= 4 is 59.6 Å². The summed E-state index contributed by atoms with van der Waals surface area (Å²) in [5, 5.41) is 34.8. The predicted octanol–water partition coefficient (Wildman–Crippen LogP) is 5.76. The number of nitrogens with two attached hydrogens (primary N) is 4. The molecule has 5 rings (SSSR count). The fourth-order valence-electron chi connectivity index (χ4n) is 11.2. The van der Waals surface area contributed by atoms with Crippen molar-refractivity contribution in [3.8, 4) is 17.2 Å². The molecule has 2 aromatic heterocycles. The number of hydrogen-bond acceptors (Lipinski definition) is 18. The second-order valence-electron chi connectivity index (χ2n) is 27.4. The molecule has 0 saturated carbocycles. The number of alkyl halides is 3. The lowest BCUT2D eigenvalue weighted by Crippen LogP contribution is -2.59. The van der Waals surface area contributed by atoms with E-state index in [-0.39, 0.29) is 79.5 Å². The normalized spacial score (nSPS) is 13.4. The zero-order valence-electron chi connectivity index (χ0n) is 62.7. The number of rotatable bonds is 28. The number of aromatic hydroxyl groups is 3. The van der Waals surface area contributed by atoms with Crippen molar-refractivity contribution in [3.63, 3.8) is 0 Å². The van der Waals surface area contributed by atoms with Crippen molar-refractivity contribution in [1.82, 2.24) is 45.1 Å². The summed E-state index contributed by atoms with van der Waals surface area (Å²) in [4.78, 5) is 139. The maximum atomic E-state index is 13.8. The summed E-state index contributed by atoms with van der Waals surface area (Å²) in [5.74, 6) is -3.85. The highest BCUT2D eigenvalue weighted by molar-refractivity contribution is 5.95. The van der Waals surface area contributed by atoms with Crippen LogP contribution >= 0.6 is 0 Å². The van der Waals surface area contributed by atoms with E-state index in [1.807, 2.05) is 27.7 Å². The largest absolute Gasteiger partial charge is 0.508 e. The summed E-state index contributed by atoms with van der Waals surface area (Å²) in [6.07, 6.45) is 1.05.